The van der Waals surface area contributed by atoms with Gasteiger partial charge < -0.3 is 0 Å². The van der Waals surface area contributed by atoms with Gasteiger partial charge in [-0.3, -0.25) is 15.1 Å². The van der Waals surface area contributed by atoms with Crippen LogP contribution < -0.4 is 0 Å². The lowest BCUT2D eigenvalue weighted by molar-refractivity contribution is -0.384. The number of pyridine rings is 1. The fraction of sp³-hybridized carbons (Fsp3) is 0.100. The summed E-state index contributed by atoms with van der Waals surface area (Å²) in [6, 6.07) is 5.43. The zero-order chi connectivity index (χ0) is 11.0. The molecule has 0 saturated carbocycles. The van der Waals surface area contributed by atoms with Crippen molar-refractivity contribution in [2.45, 2.75) is 6.92 Å². The molecular formula is C10H7FN2O2. The number of nitrogens with zero attached hydrogens (tertiary/aromatic N) is 2. The summed E-state index contributed by atoms with van der Waals surface area (Å²) in [5.74, 6) is -0.456. The second-order valence-corrected chi connectivity index (χ2v) is 3.19. The van der Waals surface area contributed by atoms with Gasteiger partial charge >= 0.3 is 0 Å². The second kappa shape index (κ2) is 3.27. The zero-order valence-corrected chi connectivity index (χ0v) is 7.90. The lowest BCUT2D eigenvalue weighted by Gasteiger charge is -2.00. The molecule has 2 rings (SSSR count). The Balaban J connectivity index is 2.72. The molecule has 0 aliphatic carbocycles. The number of benzene rings is 1. The summed E-state index contributed by atoms with van der Waals surface area (Å²) in [4.78, 5) is 13.9. The van der Waals surface area contributed by atoms with Crippen LogP contribution in [0.2, 0.25) is 0 Å². The Labute approximate surface area is 84.5 Å². The molecule has 0 aliphatic heterocycles. The standard InChI is InChI=1S/C10H7FN2O2/c1-6-9(11)5-7-4-8(13(14)15)2-3-10(7)12-6/h2-5H,1H3. The van der Waals surface area contributed by atoms with Crippen LogP contribution in [0.1, 0.15) is 5.69 Å². The van der Waals surface area contributed by atoms with Gasteiger partial charge in [0.05, 0.1) is 16.1 Å². The van der Waals surface area contributed by atoms with Crippen molar-refractivity contribution >= 4 is 16.6 Å². The minimum Gasteiger partial charge on any atom is -0.258 e. The number of halogens is 1. The first-order valence-electron chi connectivity index (χ1n) is 4.29. The fourth-order valence-electron chi connectivity index (χ4n) is 1.35. The summed E-state index contributed by atoms with van der Waals surface area (Å²) in [5, 5.41) is 10.9. The van der Waals surface area contributed by atoms with Crippen molar-refractivity contribution in [1.82, 2.24) is 4.98 Å². The third kappa shape index (κ3) is 1.63. The maximum atomic E-state index is 13.1. The van der Waals surface area contributed by atoms with E-state index in [1.165, 1.54) is 24.3 Å². The SMILES string of the molecule is Cc1nc2ccc([N+](=O)[O-])cc2cc1F. The van der Waals surface area contributed by atoms with Crippen molar-refractivity contribution in [1.29, 1.82) is 0 Å². The molecule has 4 nitrogen and oxygen atoms in total. The van der Waals surface area contributed by atoms with Crippen LogP contribution in [0.4, 0.5) is 10.1 Å². The predicted molar refractivity (Wildman–Crippen MR) is 53.1 cm³/mol. The largest absolute Gasteiger partial charge is 0.270 e. The van der Waals surface area contributed by atoms with Gasteiger partial charge in [-0.25, -0.2) is 4.39 Å². The normalized spacial score (nSPS) is 10.5. The van der Waals surface area contributed by atoms with E-state index in [-0.39, 0.29) is 11.4 Å². The third-order valence-electron chi connectivity index (χ3n) is 2.14. The number of aryl methyl sites for hydroxylation is 1. The molecule has 0 N–H and O–H groups in total. The number of nitro groups is 1. The molecule has 0 unspecified atom stereocenters. The first-order valence-corrected chi connectivity index (χ1v) is 4.29. The molecule has 0 bridgehead atoms. The highest BCUT2D eigenvalue weighted by Crippen LogP contribution is 2.21. The molecule has 0 aliphatic rings. The maximum Gasteiger partial charge on any atom is 0.270 e. The molecule has 0 saturated heterocycles. The van der Waals surface area contributed by atoms with Crippen LogP contribution in [-0.2, 0) is 0 Å². The van der Waals surface area contributed by atoms with Crippen LogP contribution in [-0.4, -0.2) is 9.91 Å². The molecule has 0 amide bonds. The van der Waals surface area contributed by atoms with Gasteiger partial charge in [-0.2, -0.15) is 0 Å². The van der Waals surface area contributed by atoms with E-state index in [4.69, 9.17) is 0 Å². The summed E-state index contributed by atoms with van der Waals surface area (Å²) < 4.78 is 13.1. The Kier molecular flexibility index (Phi) is 2.07. The number of non-ortho nitro benzene ring substituents is 1. The molecular weight excluding hydrogens is 199 g/mol. The van der Waals surface area contributed by atoms with E-state index in [0.29, 0.717) is 10.9 Å². The highest BCUT2D eigenvalue weighted by Gasteiger charge is 2.08. The summed E-state index contributed by atoms with van der Waals surface area (Å²) >= 11 is 0. The molecule has 1 aromatic heterocycles. The van der Waals surface area contributed by atoms with Crippen LogP contribution >= 0.6 is 0 Å². The minimum absolute atomic E-state index is 0.0625. The van der Waals surface area contributed by atoms with Gasteiger partial charge in [0, 0.05) is 17.5 Å². The third-order valence-corrected chi connectivity index (χ3v) is 2.14. The molecule has 0 spiro atoms. The van der Waals surface area contributed by atoms with Gasteiger partial charge in [-0.05, 0) is 19.1 Å². The van der Waals surface area contributed by atoms with Gasteiger partial charge in [0.15, 0.2) is 0 Å². The average molecular weight is 206 g/mol. The first-order chi connectivity index (χ1) is 7.08. The van der Waals surface area contributed by atoms with E-state index in [1.54, 1.807) is 6.92 Å². The van der Waals surface area contributed by atoms with Crippen LogP contribution in [0.3, 0.4) is 0 Å². The van der Waals surface area contributed by atoms with E-state index in [1.807, 2.05) is 0 Å². The van der Waals surface area contributed by atoms with Crippen molar-refractivity contribution in [3.8, 4) is 0 Å². The monoisotopic (exact) mass is 206 g/mol. The number of nitro benzene ring substituents is 1. The Morgan fingerprint density at radius 3 is 2.80 bits per heavy atom. The van der Waals surface area contributed by atoms with Gasteiger partial charge in [0.2, 0.25) is 0 Å². The van der Waals surface area contributed by atoms with Gasteiger partial charge in [-0.1, -0.05) is 0 Å². The Morgan fingerprint density at radius 1 is 1.40 bits per heavy atom. The molecule has 15 heavy (non-hydrogen) atoms. The van der Waals surface area contributed by atoms with E-state index < -0.39 is 10.7 Å². The predicted octanol–water partition coefficient (Wildman–Crippen LogP) is 2.59. The van der Waals surface area contributed by atoms with Crippen molar-refractivity contribution in [3.05, 3.63) is 45.9 Å². The van der Waals surface area contributed by atoms with Crippen LogP contribution in [0.15, 0.2) is 24.3 Å². The summed E-state index contributed by atoms with van der Waals surface area (Å²) in [7, 11) is 0. The Morgan fingerprint density at radius 2 is 2.13 bits per heavy atom. The molecule has 0 fully saturated rings. The highest BCUT2D eigenvalue weighted by molar-refractivity contribution is 5.81. The summed E-state index contributed by atoms with van der Waals surface area (Å²) in [5.41, 5.74) is 0.781. The topological polar surface area (TPSA) is 56.0 Å². The average Bonchev–Trinajstić information content (AvgIpc) is 2.19. The van der Waals surface area contributed by atoms with Crippen LogP contribution in [0.25, 0.3) is 10.9 Å². The highest BCUT2D eigenvalue weighted by atomic mass is 19.1. The van der Waals surface area contributed by atoms with E-state index in [9.17, 15) is 14.5 Å². The van der Waals surface area contributed by atoms with E-state index in [2.05, 4.69) is 4.98 Å². The smallest absolute Gasteiger partial charge is 0.258 e. The number of hydrogen-bond donors (Lipinski definition) is 0. The molecule has 0 radical (unpaired) electrons. The molecule has 0 atom stereocenters. The number of aromatic nitrogens is 1. The number of hydrogen-bond acceptors (Lipinski definition) is 3. The zero-order valence-electron chi connectivity index (χ0n) is 7.90. The van der Waals surface area contributed by atoms with Crippen molar-refractivity contribution in [3.63, 3.8) is 0 Å². The fourth-order valence-corrected chi connectivity index (χ4v) is 1.35. The lowest BCUT2D eigenvalue weighted by Crippen LogP contribution is -1.91. The molecule has 1 aromatic carbocycles. The van der Waals surface area contributed by atoms with Gasteiger partial charge in [0.1, 0.15) is 5.82 Å². The van der Waals surface area contributed by atoms with Crippen LogP contribution in [0, 0.1) is 22.9 Å². The molecule has 76 valence electrons. The second-order valence-electron chi connectivity index (χ2n) is 3.19. The van der Waals surface area contributed by atoms with Crippen molar-refractivity contribution in [2.24, 2.45) is 0 Å². The summed E-state index contributed by atoms with van der Waals surface area (Å²) in [6.45, 7) is 1.55. The van der Waals surface area contributed by atoms with Crippen molar-refractivity contribution < 1.29 is 9.31 Å². The first kappa shape index (κ1) is 9.51. The molecule has 5 heteroatoms. The summed E-state index contributed by atoms with van der Waals surface area (Å²) in [6.07, 6.45) is 0. The van der Waals surface area contributed by atoms with E-state index in [0.717, 1.165) is 0 Å². The lowest BCUT2D eigenvalue weighted by atomic mass is 10.2. The molecule has 1 heterocycles. The number of rotatable bonds is 1. The van der Waals surface area contributed by atoms with E-state index >= 15 is 0 Å². The minimum atomic E-state index is -0.517. The van der Waals surface area contributed by atoms with Crippen LogP contribution in [0.5, 0.6) is 0 Å². The van der Waals surface area contributed by atoms with Crippen molar-refractivity contribution in [2.75, 3.05) is 0 Å². The van der Waals surface area contributed by atoms with Gasteiger partial charge in [-0.15, -0.1) is 0 Å². The Hall–Kier alpha value is -2.04. The Bertz CT molecular complexity index is 554. The van der Waals surface area contributed by atoms with Gasteiger partial charge in [0.25, 0.3) is 5.69 Å². The molecule has 2 aromatic rings. The quantitative estimate of drug-likeness (QED) is 0.532. The maximum absolute atomic E-state index is 13.1. The number of fused-ring (bicyclic) bond motifs is 1.